The van der Waals surface area contributed by atoms with E-state index >= 15 is 0 Å². The van der Waals surface area contributed by atoms with Crippen LogP contribution in [0.1, 0.15) is 75.8 Å². The van der Waals surface area contributed by atoms with Gasteiger partial charge in [0.15, 0.2) is 6.54 Å². The molecule has 0 spiro atoms. The van der Waals surface area contributed by atoms with Crippen molar-refractivity contribution in [2.24, 2.45) is 0 Å². The van der Waals surface area contributed by atoms with Crippen LogP contribution in [0.4, 0.5) is 0 Å². The van der Waals surface area contributed by atoms with Gasteiger partial charge in [-0.25, -0.2) is 4.79 Å². The van der Waals surface area contributed by atoms with Crippen molar-refractivity contribution in [2.45, 2.75) is 77.7 Å². The topological polar surface area (TPSA) is 35.5 Å². The van der Waals surface area contributed by atoms with Gasteiger partial charge < -0.3 is 14.0 Å². The average Bonchev–Trinajstić information content (AvgIpc) is 2.81. The van der Waals surface area contributed by atoms with Crippen LogP contribution < -0.4 is 4.74 Å². The first-order valence-corrected chi connectivity index (χ1v) is 13.2. The van der Waals surface area contributed by atoms with E-state index in [1.807, 2.05) is 44.4 Å². The summed E-state index contributed by atoms with van der Waals surface area (Å²) in [6.45, 7) is 4.05. The highest BCUT2D eigenvalue weighted by atomic mass is 16.6. The van der Waals surface area contributed by atoms with Gasteiger partial charge in [0.25, 0.3) is 0 Å². The molecule has 0 bridgehead atoms. The Morgan fingerprint density at radius 1 is 0.765 bits per heavy atom. The van der Waals surface area contributed by atoms with Crippen molar-refractivity contribution in [3.8, 4) is 5.75 Å². The second-order valence-corrected chi connectivity index (χ2v) is 9.99. The Kier molecular flexibility index (Phi) is 13.4. The fourth-order valence-corrected chi connectivity index (χ4v) is 4.31. The van der Waals surface area contributed by atoms with E-state index in [0.29, 0.717) is 17.6 Å². The normalized spacial score (nSPS) is 11.4. The maximum Gasteiger partial charge on any atom is 0.361 e. The van der Waals surface area contributed by atoms with Crippen LogP contribution in [0.15, 0.2) is 54.6 Å². The predicted octanol–water partition coefficient (Wildman–Crippen LogP) is 6.96. The zero-order valence-corrected chi connectivity index (χ0v) is 21.8. The molecule has 0 fully saturated rings. The van der Waals surface area contributed by atoms with Gasteiger partial charge in [0.05, 0.1) is 14.1 Å². The maximum atomic E-state index is 12.3. The monoisotopic (exact) mass is 468 g/mol. The summed E-state index contributed by atoms with van der Waals surface area (Å²) in [6, 6.07) is 18.5. The van der Waals surface area contributed by atoms with E-state index in [9.17, 15) is 4.79 Å². The van der Waals surface area contributed by atoms with Crippen molar-refractivity contribution in [1.29, 1.82) is 0 Å². The molecule has 2 rings (SSSR count). The van der Waals surface area contributed by atoms with Crippen molar-refractivity contribution in [3.05, 3.63) is 65.7 Å². The molecule has 4 heteroatoms. The number of para-hydroxylation sites is 1. The van der Waals surface area contributed by atoms with Crippen LogP contribution in [-0.2, 0) is 22.5 Å². The summed E-state index contributed by atoms with van der Waals surface area (Å²) in [5, 5.41) is 0. The van der Waals surface area contributed by atoms with Gasteiger partial charge in [0, 0.05) is 5.56 Å². The van der Waals surface area contributed by atoms with Crippen molar-refractivity contribution < 1.29 is 18.8 Å². The number of quaternary nitrogens is 1. The molecule has 0 saturated heterocycles. The molecule has 0 unspecified atom stereocenters. The number of unbranched alkanes of at least 4 members (excludes halogenated alkanes) is 8. The molecule has 0 amide bonds. The Hall–Kier alpha value is -2.33. The average molecular weight is 469 g/mol. The molecular weight excluding hydrogens is 422 g/mol. The van der Waals surface area contributed by atoms with Crippen LogP contribution in [0.5, 0.6) is 5.75 Å². The van der Waals surface area contributed by atoms with Crippen LogP contribution in [0.3, 0.4) is 0 Å². The van der Waals surface area contributed by atoms with E-state index in [4.69, 9.17) is 9.47 Å². The van der Waals surface area contributed by atoms with E-state index in [2.05, 4.69) is 31.2 Å². The number of ether oxygens (including phenoxy) is 2. The molecular formula is C30H46NO3+. The number of hydrogen-bond acceptors (Lipinski definition) is 3. The molecule has 0 N–H and O–H groups in total. The zero-order valence-electron chi connectivity index (χ0n) is 21.8. The van der Waals surface area contributed by atoms with Crippen LogP contribution in [-0.4, -0.2) is 44.3 Å². The smallest absolute Gasteiger partial charge is 0.361 e. The Labute approximate surface area is 207 Å². The molecule has 2 aromatic rings. The number of carbonyl (C=O) groups is 1. The number of esters is 1. The number of likely N-dealkylation sites (N-methyl/N-ethyl adjacent to an activating group) is 1. The highest BCUT2D eigenvalue weighted by molar-refractivity contribution is 5.70. The summed E-state index contributed by atoms with van der Waals surface area (Å²) in [6.07, 6.45) is 13.0. The van der Waals surface area contributed by atoms with Gasteiger partial charge >= 0.3 is 5.97 Å². The lowest BCUT2D eigenvalue weighted by molar-refractivity contribution is -0.896. The van der Waals surface area contributed by atoms with Gasteiger partial charge in [0.1, 0.15) is 25.5 Å². The molecule has 0 atom stereocenters. The van der Waals surface area contributed by atoms with Gasteiger partial charge in [-0.05, 0) is 24.5 Å². The van der Waals surface area contributed by atoms with Gasteiger partial charge in [0.2, 0.25) is 0 Å². The number of rotatable bonds is 18. The van der Waals surface area contributed by atoms with E-state index in [1.165, 1.54) is 68.9 Å². The van der Waals surface area contributed by atoms with Gasteiger partial charge in [-0.3, -0.25) is 0 Å². The molecule has 0 radical (unpaired) electrons. The SMILES string of the molecule is CCCCCCCCCCCc1ccccc1OCCOC(=O)C[N+](C)(C)Cc1ccccc1. The standard InChI is InChI=1S/C30H46NO3/c1-4-5-6-7-8-9-10-11-15-20-28-21-16-17-22-29(28)33-23-24-34-30(32)26-31(2,3)25-27-18-13-12-14-19-27/h12-14,16-19,21-22H,4-11,15,20,23-26H2,1-3H3/q+1. The third kappa shape index (κ3) is 12.2. The number of carbonyl (C=O) groups excluding carboxylic acids is 1. The Balaban J connectivity index is 1.62. The summed E-state index contributed by atoms with van der Waals surface area (Å²) in [4.78, 5) is 12.3. The van der Waals surface area contributed by atoms with E-state index < -0.39 is 0 Å². The summed E-state index contributed by atoms with van der Waals surface area (Å²) >= 11 is 0. The fourth-order valence-electron chi connectivity index (χ4n) is 4.31. The summed E-state index contributed by atoms with van der Waals surface area (Å²) in [5.74, 6) is 0.728. The Morgan fingerprint density at radius 2 is 1.38 bits per heavy atom. The minimum Gasteiger partial charge on any atom is -0.490 e. The minimum atomic E-state index is -0.187. The van der Waals surface area contributed by atoms with Crippen LogP contribution in [0.25, 0.3) is 0 Å². The Morgan fingerprint density at radius 3 is 2.09 bits per heavy atom. The van der Waals surface area contributed by atoms with Crippen molar-refractivity contribution in [3.63, 3.8) is 0 Å². The highest BCUT2D eigenvalue weighted by Gasteiger charge is 2.21. The predicted molar refractivity (Wildman–Crippen MR) is 141 cm³/mol. The van der Waals surface area contributed by atoms with Crippen LogP contribution in [0, 0.1) is 0 Å². The lowest BCUT2D eigenvalue weighted by Gasteiger charge is -2.28. The molecule has 0 saturated carbocycles. The van der Waals surface area contributed by atoms with Gasteiger partial charge in [-0.15, -0.1) is 0 Å². The van der Waals surface area contributed by atoms with Crippen molar-refractivity contribution in [2.75, 3.05) is 33.9 Å². The Bertz CT molecular complexity index is 804. The molecule has 188 valence electrons. The quantitative estimate of drug-likeness (QED) is 0.135. The maximum absolute atomic E-state index is 12.3. The van der Waals surface area contributed by atoms with Crippen molar-refractivity contribution in [1.82, 2.24) is 0 Å². The van der Waals surface area contributed by atoms with Gasteiger partial charge in [-0.2, -0.15) is 0 Å². The minimum absolute atomic E-state index is 0.187. The van der Waals surface area contributed by atoms with Crippen molar-refractivity contribution >= 4 is 5.97 Å². The third-order valence-electron chi connectivity index (χ3n) is 6.14. The lowest BCUT2D eigenvalue weighted by Crippen LogP contribution is -2.43. The molecule has 2 aromatic carbocycles. The van der Waals surface area contributed by atoms with Crippen LogP contribution in [0.2, 0.25) is 0 Å². The van der Waals surface area contributed by atoms with E-state index in [0.717, 1.165) is 18.7 Å². The molecule has 0 aliphatic heterocycles. The van der Waals surface area contributed by atoms with Crippen LogP contribution >= 0.6 is 0 Å². The second-order valence-electron chi connectivity index (χ2n) is 9.99. The summed E-state index contributed by atoms with van der Waals surface area (Å²) in [5.41, 5.74) is 2.46. The number of aryl methyl sites for hydroxylation is 1. The first-order chi connectivity index (χ1) is 16.5. The van der Waals surface area contributed by atoms with Gasteiger partial charge in [-0.1, -0.05) is 107 Å². The molecule has 0 heterocycles. The fraction of sp³-hybridized carbons (Fsp3) is 0.567. The largest absolute Gasteiger partial charge is 0.490 e. The molecule has 0 aliphatic rings. The first-order valence-electron chi connectivity index (χ1n) is 13.2. The summed E-state index contributed by atoms with van der Waals surface area (Å²) in [7, 11) is 4.10. The molecule has 0 aromatic heterocycles. The first kappa shape index (κ1) is 27.9. The summed E-state index contributed by atoms with van der Waals surface area (Å²) < 4.78 is 12.0. The number of hydrogen-bond donors (Lipinski definition) is 0. The van der Waals surface area contributed by atoms with E-state index in [-0.39, 0.29) is 12.6 Å². The molecule has 4 nitrogen and oxygen atoms in total. The molecule has 0 aliphatic carbocycles. The molecule has 34 heavy (non-hydrogen) atoms. The number of nitrogens with zero attached hydrogens (tertiary/aromatic N) is 1. The number of benzene rings is 2. The lowest BCUT2D eigenvalue weighted by atomic mass is 10.0. The second kappa shape index (κ2) is 16.3. The van der Waals surface area contributed by atoms with E-state index in [1.54, 1.807) is 0 Å². The highest BCUT2D eigenvalue weighted by Crippen LogP contribution is 2.21. The zero-order chi connectivity index (χ0) is 24.5. The third-order valence-corrected chi connectivity index (χ3v) is 6.14.